The summed E-state index contributed by atoms with van der Waals surface area (Å²) >= 11 is 0. The fourth-order valence-electron chi connectivity index (χ4n) is 2.77. The number of nitro groups is 1. The molecule has 0 atom stereocenters. The minimum atomic E-state index is -0.529. The van der Waals surface area contributed by atoms with Gasteiger partial charge >= 0.3 is 0 Å². The Morgan fingerprint density at radius 2 is 2.00 bits per heavy atom. The number of nitro benzene ring substituents is 1. The molecule has 9 nitrogen and oxygen atoms in total. The van der Waals surface area contributed by atoms with Gasteiger partial charge in [-0.2, -0.15) is 0 Å². The first-order valence-electron chi connectivity index (χ1n) is 8.81. The van der Waals surface area contributed by atoms with E-state index in [1.54, 1.807) is 37.1 Å². The van der Waals surface area contributed by atoms with E-state index in [1.807, 2.05) is 12.1 Å². The number of methoxy groups -OCH3 is 1. The average molecular weight is 396 g/mol. The molecular formula is C20H20N4O5. The summed E-state index contributed by atoms with van der Waals surface area (Å²) in [5.74, 6) is 1.02. The summed E-state index contributed by atoms with van der Waals surface area (Å²) in [5, 5.41) is 14.4. The number of ether oxygens (including phenoxy) is 2. The molecule has 0 fully saturated rings. The van der Waals surface area contributed by atoms with Gasteiger partial charge in [0.2, 0.25) is 5.78 Å². The van der Waals surface area contributed by atoms with E-state index < -0.39 is 4.92 Å². The number of carbonyl (C=O) groups is 1. The minimum Gasteiger partial charge on any atom is -0.493 e. The number of ketones is 1. The summed E-state index contributed by atoms with van der Waals surface area (Å²) < 4.78 is 12.4. The summed E-state index contributed by atoms with van der Waals surface area (Å²) in [5.41, 5.74) is 0.305. The standard InChI is InChI=1S/C20H20N4O5/c1-23-11-9-22-20(23)19(25)14-7-8-15(16(13-14)24(26)27)21-10-12-29-18-6-4-3-5-17(18)28-2/h3-9,11,13,21H,10,12H2,1-2H3. The van der Waals surface area contributed by atoms with Crippen LogP contribution >= 0.6 is 0 Å². The molecular weight excluding hydrogens is 376 g/mol. The number of imidazole rings is 1. The molecule has 3 aromatic rings. The first kappa shape index (κ1) is 19.9. The molecule has 0 aliphatic rings. The normalized spacial score (nSPS) is 10.4. The average Bonchev–Trinajstić information content (AvgIpc) is 3.16. The zero-order valence-corrected chi connectivity index (χ0v) is 16.0. The fraction of sp³-hybridized carbons (Fsp3) is 0.200. The molecule has 0 spiro atoms. The third kappa shape index (κ3) is 4.52. The van der Waals surface area contributed by atoms with Gasteiger partial charge < -0.3 is 19.4 Å². The maximum atomic E-state index is 12.5. The van der Waals surface area contributed by atoms with Gasteiger partial charge in [0.15, 0.2) is 17.3 Å². The van der Waals surface area contributed by atoms with E-state index >= 15 is 0 Å². The number of anilines is 1. The van der Waals surface area contributed by atoms with Crippen LogP contribution < -0.4 is 14.8 Å². The molecule has 3 rings (SSSR count). The van der Waals surface area contributed by atoms with E-state index in [9.17, 15) is 14.9 Å². The summed E-state index contributed by atoms with van der Waals surface area (Å²) in [6, 6.07) is 11.5. The predicted molar refractivity (Wildman–Crippen MR) is 107 cm³/mol. The van der Waals surface area contributed by atoms with Crippen LogP contribution in [0.4, 0.5) is 11.4 Å². The van der Waals surface area contributed by atoms with Crippen molar-refractivity contribution in [2.75, 3.05) is 25.6 Å². The Balaban J connectivity index is 1.69. The van der Waals surface area contributed by atoms with E-state index in [4.69, 9.17) is 9.47 Å². The zero-order chi connectivity index (χ0) is 20.8. The lowest BCUT2D eigenvalue weighted by molar-refractivity contribution is -0.384. The monoisotopic (exact) mass is 396 g/mol. The Morgan fingerprint density at radius 1 is 1.24 bits per heavy atom. The van der Waals surface area contributed by atoms with Gasteiger partial charge in [0, 0.05) is 37.6 Å². The highest BCUT2D eigenvalue weighted by molar-refractivity contribution is 6.07. The van der Waals surface area contributed by atoms with Gasteiger partial charge in [0.1, 0.15) is 12.3 Å². The Bertz CT molecular complexity index is 1030. The number of aromatic nitrogens is 2. The molecule has 150 valence electrons. The molecule has 0 aliphatic carbocycles. The number of para-hydroxylation sites is 2. The summed E-state index contributed by atoms with van der Waals surface area (Å²) in [4.78, 5) is 27.5. The Kier molecular flexibility index (Phi) is 6.08. The third-order valence-electron chi connectivity index (χ3n) is 4.23. The topological polar surface area (TPSA) is 109 Å². The second kappa shape index (κ2) is 8.87. The predicted octanol–water partition coefficient (Wildman–Crippen LogP) is 3.06. The van der Waals surface area contributed by atoms with Gasteiger partial charge in [0.05, 0.1) is 12.0 Å². The van der Waals surface area contributed by atoms with Crippen molar-refractivity contribution in [3.05, 3.63) is 76.4 Å². The first-order chi connectivity index (χ1) is 14.0. The Morgan fingerprint density at radius 3 is 2.66 bits per heavy atom. The molecule has 29 heavy (non-hydrogen) atoms. The second-order valence-corrected chi connectivity index (χ2v) is 6.11. The molecule has 1 aromatic heterocycles. The molecule has 0 amide bonds. The minimum absolute atomic E-state index is 0.192. The molecule has 1 heterocycles. The van der Waals surface area contributed by atoms with Crippen molar-refractivity contribution in [1.82, 2.24) is 9.55 Å². The maximum Gasteiger partial charge on any atom is 0.293 e. The van der Waals surface area contributed by atoms with Crippen LogP contribution in [0, 0.1) is 10.1 Å². The Labute approximate surface area is 167 Å². The van der Waals surface area contributed by atoms with Crippen molar-refractivity contribution in [2.45, 2.75) is 0 Å². The van der Waals surface area contributed by atoms with Crippen molar-refractivity contribution in [3.8, 4) is 11.5 Å². The van der Waals surface area contributed by atoms with Crippen LogP contribution in [-0.2, 0) is 7.05 Å². The number of benzene rings is 2. The van der Waals surface area contributed by atoms with Crippen LogP contribution in [-0.4, -0.2) is 40.5 Å². The molecule has 0 radical (unpaired) electrons. The molecule has 0 saturated carbocycles. The lowest BCUT2D eigenvalue weighted by atomic mass is 10.1. The van der Waals surface area contributed by atoms with Gasteiger partial charge in [-0.25, -0.2) is 4.98 Å². The first-order valence-corrected chi connectivity index (χ1v) is 8.81. The smallest absolute Gasteiger partial charge is 0.293 e. The van der Waals surface area contributed by atoms with Gasteiger partial charge in [-0.05, 0) is 24.3 Å². The van der Waals surface area contributed by atoms with E-state index in [0.717, 1.165) is 0 Å². The number of nitrogens with one attached hydrogen (secondary N) is 1. The number of hydrogen-bond donors (Lipinski definition) is 1. The van der Waals surface area contributed by atoms with Crippen molar-refractivity contribution in [2.24, 2.45) is 7.05 Å². The maximum absolute atomic E-state index is 12.5. The van der Waals surface area contributed by atoms with Crippen molar-refractivity contribution in [1.29, 1.82) is 0 Å². The van der Waals surface area contributed by atoms with Crippen molar-refractivity contribution >= 4 is 17.2 Å². The fourth-order valence-corrected chi connectivity index (χ4v) is 2.77. The number of nitrogens with zero attached hydrogens (tertiary/aromatic N) is 3. The van der Waals surface area contributed by atoms with Crippen molar-refractivity contribution < 1.29 is 19.2 Å². The SMILES string of the molecule is COc1ccccc1OCCNc1ccc(C(=O)c2nccn2C)cc1[N+](=O)[O-]. The van der Waals surface area contributed by atoms with Gasteiger partial charge in [-0.1, -0.05) is 12.1 Å². The molecule has 0 unspecified atom stereocenters. The summed E-state index contributed by atoms with van der Waals surface area (Å²) in [7, 11) is 3.24. The molecule has 1 N–H and O–H groups in total. The molecule has 0 aliphatic heterocycles. The van der Waals surface area contributed by atoms with Crippen LogP contribution in [0.2, 0.25) is 0 Å². The number of carbonyl (C=O) groups excluding carboxylic acids is 1. The van der Waals surface area contributed by atoms with Crippen LogP contribution in [0.25, 0.3) is 0 Å². The second-order valence-electron chi connectivity index (χ2n) is 6.11. The van der Waals surface area contributed by atoms with Crippen LogP contribution in [0.5, 0.6) is 11.5 Å². The summed E-state index contributed by atoms with van der Waals surface area (Å²) in [6.07, 6.45) is 3.14. The lowest BCUT2D eigenvalue weighted by Crippen LogP contribution is -2.14. The highest BCUT2D eigenvalue weighted by atomic mass is 16.6. The largest absolute Gasteiger partial charge is 0.493 e. The van der Waals surface area contributed by atoms with Crippen LogP contribution in [0.1, 0.15) is 16.2 Å². The van der Waals surface area contributed by atoms with Crippen LogP contribution in [0.15, 0.2) is 54.9 Å². The molecule has 9 heteroatoms. The lowest BCUT2D eigenvalue weighted by Gasteiger charge is -2.12. The number of aryl methyl sites for hydroxylation is 1. The number of rotatable bonds is 9. The molecule has 2 aromatic carbocycles. The Hall–Kier alpha value is -3.88. The van der Waals surface area contributed by atoms with Crippen molar-refractivity contribution in [3.63, 3.8) is 0 Å². The molecule has 0 saturated heterocycles. The van der Waals surface area contributed by atoms with Gasteiger partial charge in [-0.3, -0.25) is 14.9 Å². The molecule has 0 bridgehead atoms. The van der Waals surface area contributed by atoms with E-state index in [0.29, 0.717) is 23.7 Å². The highest BCUT2D eigenvalue weighted by Gasteiger charge is 2.20. The zero-order valence-electron chi connectivity index (χ0n) is 16.0. The van der Waals surface area contributed by atoms with Gasteiger partial charge in [0.25, 0.3) is 5.69 Å². The quantitative estimate of drug-likeness (QED) is 0.256. The van der Waals surface area contributed by atoms with Gasteiger partial charge in [-0.15, -0.1) is 0 Å². The summed E-state index contributed by atoms with van der Waals surface area (Å²) in [6.45, 7) is 0.594. The highest BCUT2D eigenvalue weighted by Crippen LogP contribution is 2.27. The van der Waals surface area contributed by atoms with E-state index in [-0.39, 0.29) is 29.5 Å². The van der Waals surface area contributed by atoms with E-state index in [2.05, 4.69) is 10.3 Å². The van der Waals surface area contributed by atoms with Crippen LogP contribution in [0.3, 0.4) is 0 Å². The number of hydrogen-bond acceptors (Lipinski definition) is 7. The van der Waals surface area contributed by atoms with E-state index in [1.165, 1.54) is 24.4 Å². The third-order valence-corrected chi connectivity index (χ3v) is 4.23.